The summed E-state index contributed by atoms with van der Waals surface area (Å²) in [4.78, 5) is 4.82. The zero-order chi connectivity index (χ0) is 20.9. The van der Waals surface area contributed by atoms with Gasteiger partial charge in [-0.05, 0) is 55.0 Å². The van der Waals surface area contributed by atoms with Gasteiger partial charge in [0.15, 0.2) is 0 Å². The fourth-order valence-electron chi connectivity index (χ4n) is 3.78. The highest BCUT2D eigenvalue weighted by molar-refractivity contribution is 7.71. The van der Waals surface area contributed by atoms with E-state index in [1.807, 2.05) is 45.6 Å². The molecule has 4 rings (SSSR count). The molecule has 1 aliphatic heterocycles. The fraction of sp³-hybridized carbons (Fsp3) is 0.364. The maximum Gasteiger partial charge on any atom is 0.203 e. The van der Waals surface area contributed by atoms with Crippen molar-refractivity contribution in [3.05, 3.63) is 59.6 Å². The van der Waals surface area contributed by atoms with E-state index in [1.165, 1.54) is 5.69 Å². The van der Waals surface area contributed by atoms with Crippen molar-refractivity contribution in [1.29, 1.82) is 0 Å². The van der Waals surface area contributed by atoms with Crippen molar-refractivity contribution in [2.45, 2.75) is 13.1 Å². The molecule has 0 unspecified atom stereocenters. The van der Waals surface area contributed by atoms with Crippen LogP contribution < -0.4 is 14.4 Å². The van der Waals surface area contributed by atoms with Gasteiger partial charge in [-0.1, -0.05) is 12.1 Å². The molecule has 30 heavy (non-hydrogen) atoms. The Bertz CT molecular complexity index is 1030. The van der Waals surface area contributed by atoms with Crippen molar-refractivity contribution in [3.63, 3.8) is 0 Å². The molecule has 2 heterocycles. The van der Waals surface area contributed by atoms with Gasteiger partial charge in [0.1, 0.15) is 17.8 Å². The first-order valence-electron chi connectivity index (χ1n) is 10.1. The van der Waals surface area contributed by atoms with Crippen LogP contribution >= 0.6 is 12.2 Å². The van der Waals surface area contributed by atoms with Gasteiger partial charge in [0, 0.05) is 31.9 Å². The van der Waals surface area contributed by atoms with E-state index in [4.69, 9.17) is 21.7 Å². The first-order valence-corrected chi connectivity index (χ1v) is 10.5. The maximum atomic E-state index is 5.70. The van der Waals surface area contributed by atoms with E-state index in [0.717, 1.165) is 49.8 Å². The zero-order valence-corrected chi connectivity index (χ0v) is 18.2. The minimum absolute atomic E-state index is 0.663. The number of rotatable bonds is 6. The van der Waals surface area contributed by atoms with Crippen LogP contribution in [0.25, 0.3) is 5.69 Å². The Balaban J connectivity index is 1.44. The smallest absolute Gasteiger partial charge is 0.203 e. The lowest BCUT2D eigenvalue weighted by Gasteiger charge is -2.23. The molecule has 8 heteroatoms. The van der Waals surface area contributed by atoms with Gasteiger partial charge in [0.2, 0.25) is 4.77 Å². The number of benzene rings is 2. The van der Waals surface area contributed by atoms with Crippen molar-refractivity contribution in [2.24, 2.45) is 0 Å². The summed E-state index contributed by atoms with van der Waals surface area (Å²) >= 11 is 5.70. The second-order valence-corrected chi connectivity index (χ2v) is 7.62. The van der Waals surface area contributed by atoms with Crippen LogP contribution in [-0.4, -0.2) is 59.6 Å². The van der Waals surface area contributed by atoms with Crippen LogP contribution in [0.2, 0.25) is 0 Å². The fourth-order valence-corrected chi connectivity index (χ4v) is 4.03. The topological polar surface area (TPSA) is 47.7 Å². The average Bonchev–Trinajstić information content (AvgIpc) is 2.99. The van der Waals surface area contributed by atoms with E-state index >= 15 is 0 Å². The zero-order valence-electron chi connectivity index (χ0n) is 17.4. The number of nitrogens with zero attached hydrogens (tertiary/aromatic N) is 5. The third kappa shape index (κ3) is 4.34. The number of hydrogen-bond donors (Lipinski definition) is 0. The summed E-state index contributed by atoms with van der Waals surface area (Å²) in [5.74, 6) is 1.66. The van der Waals surface area contributed by atoms with Crippen LogP contribution in [0.1, 0.15) is 6.42 Å². The molecule has 7 nitrogen and oxygen atoms in total. The molecule has 1 saturated heterocycles. The van der Waals surface area contributed by atoms with Gasteiger partial charge in [0.05, 0.1) is 26.6 Å². The lowest BCUT2D eigenvalue weighted by Crippen LogP contribution is -2.32. The molecule has 1 fully saturated rings. The molecule has 3 aromatic rings. The van der Waals surface area contributed by atoms with E-state index in [1.54, 1.807) is 20.5 Å². The highest BCUT2D eigenvalue weighted by Crippen LogP contribution is 2.23. The first-order chi connectivity index (χ1) is 14.7. The lowest BCUT2D eigenvalue weighted by atomic mass is 10.2. The van der Waals surface area contributed by atoms with Crippen LogP contribution in [0.4, 0.5) is 5.69 Å². The Morgan fingerprint density at radius 1 is 0.933 bits per heavy atom. The largest absolute Gasteiger partial charge is 0.497 e. The Kier molecular flexibility index (Phi) is 6.35. The lowest BCUT2D eigenvalue weighted by molar-refractivity contribution is 0.219. The molecule has 0 atom stereocenters. The summed E-state index contributed by atoms with van der Waals surface area (Å²) < 4.78 is 15.2. The number of ether oxygens (including phenoxy) is 2. The molecule has 158 valence electrons. The maximum absolute atomic E-state index is 5.70. The van der Waals surface area contributed by atoms with Crippen LogP contribution in [0.3, 0.4) is 0 Å². The second-order valence-electron chi connectivity index (χ2n) is 7.25. The third-order valence-corrected chi connectivity index (χ3v) is 5.85. The molecule has 0 saturated carbocycles. The number of para-hydroxylation sites is 2. The van der Waals surface area contributed by atoms with Crippen LogP contribution in [-0.2, 0) is 6.67 Å². The second kappa shape index (κ2) is 9.32. The predicted molar refractivity (Wildman–Crippen MR) is 120 cm³/mol. The summed E-state index contributed by atoms with van der Waals surface area (Å²) in [6.07, 6.45) is 2.86. The number of aromatic nitrogens is 3. The van der Waals surface area contributed by atoms with Crippen molar-refractivity contribution < 1.29 is 9.47 Å². The summed E-state index contributed by atoms with van der Waals surface area (Å²) in [7, 11) is 3.36. The van der Waals surface area contributed by atoms with Crippen molar-refractivity contribution in [3.8, 4) is 17.2 Å². The highest BCUT2D eigenvalue weighted by atomic mass is 32.1. The molecule has 1 aromatic heterocycles. The van der Waals surface area contributed by atoms with E-state index in [-0.39, 0.29) is 0 Å². The number of anilines is 1. The Morgan fingerprint density at radius 3 is 2.50 bits per heavy atom. The summed E-state index contributed by atoms with van der Waals surface area (Å²) in [5.41, 5.74) is 2.13. The predicted octanol–water partition coefficient (Wildman–Crippen LogP) is 3.59. The number of hydrogen-bond acceptors (Lipinski definition) is 6. The van der Waals surface area contributed by atoms with E-state index in [2.05, 4.69) is 27.0 Å². The minimum atomic E-state index is 0.663. The van der Waals surface area contributed by atoms with Crippen LogP contribution in [0.15, 0.2) is 54.9 Å². The average molecular weight is 426 g/mol. The molecule has 1 aliphatic rings. The standard InChI is InChI=1S/C22H27N5O2S/c1-28-19-10-8-18(9-11-19)25-13-5-12-24(14-15-25)17-27-22(30)26(16-23-27)20-6-3-4-7-21(20)29-2/h3-4,6-11,16H,5,12-15,17H2,1-2H3. The van der Waals surface area contributed by atoms with Crippen LogP contribution in [0, 0.1) is 4.77 Å². The molecule has 0 bridgehead atoms. The van der Waals surface area contributed by atoms with Gasteiger partial charge in [-0.25, -0.2) is 4.68 Å². The molecule has 0 aliphatic carbocycles. The Labute approximate surface area is 182 Å². The van der Waals surface area contributed by atoms with Gasteiger partial charge >= 0.3 is 0 Å². The van der Waals surface area contributed by atoms with Crippen LogP contribution in [0.5, 0.6) is 11.5 Å². The molecule has 2 aromatic carbocycles. The highest BCUT2D eigenvalue weighted by Gasteiger charge is 2.17. The van der Waals surface area contributed by atoms with Crippen molar-refractivity contribution in [1.82, 2.24) is 19.2 Å². The molecular weight excluding hydrogens is 398 g/mol. The van der Waals surface area contributed by atoms with Gasteiger partial charge in [-0.3, -0.25) is 9.47 Å². The van der Waals surface area contributed by atoms with Gasteiger partial charge in [0.25, 0.3) is 0 Å². The van der Waals surface area contributed by atoms with Gasteiger partial charge in [-0.2, -0.15) is 5.10 Å². The normalized spacial score (nSPS) is 15.1. The quantitative estimate of drug-likeness (QED) is 0.563. The van der Waals surface area contributed by atoms with Gasteiger partial charge < -0.3 is 14.4 Å². The third-order valence-electron chi connectivity index (χ3n) is 5.44. The van der Waals surface area contributed by atoms with Crippen molar-refractivity contribution >= 4 is 17.9 Å². The molecule has 0 N–H and O–H groups in total. The van der Waals surface area contributed by atoms with E-state index in [0.29, 0.717) is 11.4 Å². The number of methoxy groups -OCH3 is 2. The molecular formula is C22H27N5O2S. The Hall–Kier alpha value is -2.84. The summed E-state index contributed by atoms with van der Waals surface area (Å²) in [6, 6.07) is 16.1. The summed E-state index contributed by atoms with van der Waals surface area (Å²) in [5, 5.41) is 4.54. The monoisotopic (exact) mass is 425 g/mol. The van der Waals surface area contributed by atoms with Gasteiger partial charge in [-0.15, -0.1) is 0 Å². The summed E-state index contributed by atoms with van der Waals surface area (Å²) in [6.45, 7) is 4.64. The SMILES string of the molecule is COc1ccc(N2CCCN(Cn3ncn(-c4ccccc4OC)c3=S)CC2)cc1. The molecule has 0 amide bonds. The van der Waals surface area contributed by atoms with E-state index < -0.39 is 0 Å². The Morgan fingerprint density at radius 2 is 1.73 bits per heavy atom. The first kappa shape index (κ1) is 20.4. The minimum Gasteiger partial charge on any atom is -0.497 e. The van der Waals surface area contributed by atoms with Crippen molar-refractivity contribution in [2.75, 3.05) is 45.3 Å². The van der Waals surface area contributed by atoms with E-state index in [9.17, 15) is 0 Å². The molecule has 0 spiro atoms. The molecule has 0 radical (unpaired) electrons.